The highest BCUT2D eigenvalue weighted by molar-refractivity contribution is 5.79. The number of aryl methyl sites for hydroxylation is 1. The van der Waals surface area contributed by atoms with Crippen molar-refractivity contribution in [2.24, 2.45) is 5.73 Å². The fourth-order valence-corrected chi connectivity index (χ4v) is 3.91. The van der Waals surface area contributed by atoms with E-state index in [9.17, 15) is 9.59 Å². The normalized spacial score (nSPS) is 13.5. The number of fused-ring (bicyclic) bond motifs is 1. The number of nitrogens with one attached hydrogen (secondary N) is 2. The first-order valence-corrected chi connectivity index (χ1v) is 11.0. The topological polar surface area (TPSA) is 123 Å². The van der Waals surface area contributed by atoms with Gasteiger partial charge in [0.05, 0.1) is 13.1 Å². The molecule has 10 nitrogen and oxygen atoms in total. The van der Waals surface area contributed by atoms with Crippen LogP contribution in [0, 0.1) is 11.8 Å². The van der Waals surface area contributed by atoms with E-state index in [0.29, 0.717) is 36.6 Å². The molecule has 1 saturated heterocycles. The van der Waals surface area contributed by atoms with Crippen molar-refractivity contribution >= 4 is 29.0 Å². The first-order valence-electron chi connectivity index (χ1n) is 11.0. The smallest absolute Gasteiger partial charge is 0.281 e. The van der Waals surface area contributed by atoms with E-state index in [-0.39, 0.29) is 18.1 Å². The molecule has 0 radical (unpaired) electrons. The first-order chi connectivity index (χ1) is 16.1. The van der Waals surface area contributed by atoms with E-state index in [1.165, 1.54) is 0 Å². The fourth-order valence-electron chi connectivity index (χ4n) is 3.91. The molecule has 1 fully saturated rings. The lowest BCUT2D eigenvalue weighted by Gasteiger charge is -2.28. The predicted molar refractivity (Wildman–Crippen MR) is 128 cm³/mol. The molecule has 172 valence electrons. The maximum Gasteiger partial charge on any atom is 0.281 e. The van der Waals surface area contributed by atoms with Crippen LogP contribution in [-0.4, -0.2) is 57.7 Å². The second-order valence-corrected chi connectivity index (χ2v) is 7.78. The summed E-state index contributed by atoms with van der Waals surface area (Å²) < 4.78 is 3.40. The maximum atomic E-state index is 13.7. The number of anilines is 2. The van der Waals surface area contributed by atoms with Crippen LogP contribution >= 0.6 is 0 Å². The van der Waals surface area contributed by atoms with Crippen molar-refractivity contribution in [2.45, 2.75) is 26.4 Å². The van der Waals surface area contributed by atoms with Crippen LogP contribution in [0.15, 0.2) is 35.1 Å². The molecular weight excluding hydrogens is 420 g/mol. The second kappa shape index (κ2) is 10.2. The Morgan fingerprint density at radius 1 is 1.18 bits per heavy atom. The van der Waals surface area contributed by atoms with Gasteiger partial charge in [-0.05, 0) is 18.9 Å². The van der Waals surface area contributed by atoms with Crippen molar-refractivity contribution in [3.05, 3.63) is 46.2 Å². The quantitative estimate of drug-likeness (QED) is 0.420. The van der Waals surface area contributed by atoms with Crippen LogP contribution in [-0.2, 0) is 24.3 Å². The molecule has 33 heavy (non-hydrogen) atoms. The van der Waals surface area contributed by atoms with Crippen LogP contribution in [0.25, 0.3) is 11.2 Å². The van der Waals surface area contributed by atoms with Gasteiger partial charge in [-0.2, -0.15) is 9.97 Å². The number of amides is 1. The minimum absolute atomic E-state index is 0.129. The van der Waals surface area contributed by atoms with Crippen LogP contribution < -0.4 is 26.8 Å². The molecule has 3 aromatic rings. The van der Waals surface area contributed by atoms with Crippen molar-refractivity contribution in [1.82, 2.24) is 24.4 Å². The number of piperazine rings is 1. The Hall–Kier alpha value is -3.84. The van der Waals surface area contributed by atoms with E-state index in [4.69, 9.17) is 10.7 Å². The Kier molecular flexibility index (Phi) is 6.90. The number of rotatable bonds is 8. The summed E-state index contributed by atoms with van der Waals surface area (Å²) in [4.78, 5) is 36.6. The maximum absolute atomic E-state index is 13.7. The van der Waals surface area contributed by atoms with Gasteiger partial charge in [-0.15, -0.1) is 5.92 Å². The molecule has 0 saturated carbocycles. The average Bonchev–Trinajstić information content (AvgIpc) is 3.20. The molecule has 1 amide bonds. The summed E-state index contributed by atoms with van der Waals surface area (Å²) in [5.41, 5.74) is 6.92. The summed E-state index contributed by atoms with van der Waals surface area (Å²) in [6.45, 7) is 5.60. The summed E-state index contributed by atoms with van der Waals surface area (Å²) in [5, 5.41) is 6.24. The summed E-state index contributed by atoms with van der Waals surface area (Å²) in [7, 11) is 0. The SMILES string of the molecule is CC#CCn1c(N2CCNCC2)nc2nc(NCC(N)=O)n(CCc3ccccc3)c(=O)c21. The molecular formula is C23H28N8O2. The predicted octanol–water partition coefficient (Wildman–Crippen LogP) is 0.166. The van der Waals surface area contributed by atoms with Crippen LogP contribution in [0.3, 0.4) is 0 Å². The molecule has 1 aliphatic heterocycles. The van der Waals surface area contributed by atoms with E-state index in [2.05, 4.69) is 32.4 Å². The molecule has 10 heteroatoms. The zero-order valence-electron chi connectivity index (χ0n) is 18.7. The van der Waals surface area contributed by atoms with E-state index in [1.54, 1.807) is 11.5 Å². The summed E-state index contributed by atoms with van der Waals surface area (Å²) in [5.74, 6) is 6.38. The Labute approximate surface area is 191 Å². The monoisotopic (exact) mass is 448 g/mol. The Balaban J connectivity index is 1.82. The van der Waals surface area contributed by atoms with Crippen LogP contribution in [0.4, 0.5) is 11.9 Å². The zero-order valence-corrected chi connectivity index (χ0v) is 18.7. The van der Waals surface area contributed by atoms with Crippen LogP contribution in [0.5, 0.6) is 0 Å². The number of hydrogen-bond donors (Lipinski definition) is 3. The van der Waals surface area contributed by atoms with Crippen LogP contribution in [0.1, 0.15) is 12.5 Å². The summed E-state index contributed by atoms with van der Waals surface area (Å²) in [6.07, 6.45) is 0.632. The van der Waals surface area contributed by atoms with Gasteiger partial charge in [-0.25, -0.2) is 0 Å². The Morgan fingerprint density at radius 3 is 2.64 bits per heavy atom. The third kappa shape index (κ3) is 4.99. The molecule has 4 N–H and O–H groups in total. The molecule has 4 rings (SSSR count). The highest BCUT2D eigenvalue weighted by Gasteiger charge is 2.23. The molecule has 0 aliphatic carbocycles. The van der Waals surface area contributed by atoms with Gasteiger partial charge in [0.2, 0.25) is 17.8 Å². The lowest BCUT2D eigenvalue weighted by Crippen LogP contribution is -2.44. The fraction of sp³-hybridized carbons (Fsp3) is 0.391. The highest BCUT2D eigenvalue weighted by Crippen LogP contribution is 2.21. The third-order valence-corrected chi connectivity index (χ3v) is 5.55. The lowest BCUT2D eigenvalue weighted by molar-refractivity contribution is -0.116. The summed E-state index contributed by atoms with van der Waals surface area (Å²) >= 11 is 0. The van der Waals surface area contributed by atoms with Gasteiger partial charge in [0, 0.05) is 32.7 Å². The first kappa shape index (κ1) is 22.4. The van der Waals surface area contributed by atoms with Crippen LogP contribution in [0.2, 0.25) is 0 Å². The number of aromatic nitrogens is 4. The number of imidazole rings is 1. The van der Waals surface area contributed by atoms with Gasteiger partial charge in [0.1, 0.15) is 0 Å². The van der Waals surface area contributed by atoms with E-state index >= 15 is 0 Å². The number of carbonyl (C=O) groups excluding carboxylic acids is 1. The molecule has 0 bridgehead atoms. The van der Waals surface area contributed by atoms with Gasteiger partial charge < -0.3 is 21.3 Å². The number of hydrogen-bond acceptors (Lipinski definition) is 7. The Bertz CT molecular complexity index is 1250. The Morgan fingerprint density at radius 2 is 1.94 bits per heavy atom. The number of nitrogens with zero attached hydrogens (tertiary/aromatic N) is 5. The minimum Gasteiger partial charge on any atom is -0.368 e. The molecule has 1 aromatic carbocycles. The van der Waals surface area contributed by atoms with E-state index in [0.717, 1.165) is 31.7 Å². The molecule has 0 atom stereocenters. The van der Waals surface area contributed by atoms with Gasteiger partial charge in [0.25, 0.3) is 5.56 Å². The minimum atomic E-state index is -0.538. The van der Waals surface area contributed by atoms with Gasteiger partial charge in [-0.1, -0.05) is 36.3 Å². The van der Waals surface area contributed by atoms with Crippen molar-refractivity contribution in [3.63, 3.8) is 0 Å². The molecule has 0 unspecified atom stereocenters. The molecule has 3 heterocycles. The second-order valence-electron chi connectivity index (χ2n) is 7.78. The highest BCUT2D eigenvalue weighted by atomic mass is 16.1. The molecule has 1 aliphatic rings. The average molecular weight is 449 g/mol. The lowest BCUT2D eigenvalue weighted by atomic mass is 10.1. The number of nitrogens with two attached hydrogens (primary N) is 1. The van der Waals surface area contributed by atoms with Crippen molar-refractivity contribution in [1.29, 1.82) is 0 Å². The van der Waals surface area contributed by atoms with Gasteiger partial charge >= 0.3 is 0 Å². The number of benzene rings is 1. The van der Waals surface area contributed by atoms with Gasteiger partial charge in [-0.3, -0.25) is 18.7 Å². The third-order valence-electron chi connectivity index (χ3n) is 5.55. The standard InChI is InChI=1S/C23H28N8O2/c1-2-3-12-30-19-20(28-23(30)29-14-10-25-11-15-29)27-22(26-16-18(24)32)31(21(19)33)13-9-17-7-5-4-6-8-17/h4-8,25H,9-16H2,1H3,(H2,24,32)(H,26,27). The molecule has 2 aromatic heterocycles. The van der Waals surface area contributed by atoms with Crippen molar-refractivity contribution in [3.8, 4) is 11.8 Å². The zero-order chi connectivity index (χ0) is 23.2. The number of primary amides is 1. The molecule has 0 spiro atoms. The van der Waals surface area contributed by atoms with E-state index in [1.807, 2.05) is 34.9 Å². The summed E-state index contributed by atoms with van der Waals surface area (Å²) in [6, 6.07) is 9.90. The largest absolute Gasteiger partial charge is 0.368 e. The van der Waals surface area contributed by atoms with E-state index < -0.39 is 5.91 Å². The van der Waals surface area contributed by atoms with Crippen molar-refractivity contribution in [2.75, 3.05) is 42.9 Å². The van der Waals surface area contributed by atoms with Crippen molar-refractivity contribution < 1.29 is 4.79 Å². The van der Waals surface area contributed by atoms with Gasteiger partial charge in [0.15, 0.2) is 11.2 Å². The number of carbonyl (C=O) groups is 1.